The van der Waals surface area contributed by atoms with E-state index in [9.17, 15) is 4.79 Å². The van der Waals surface area contributed by atoms with Gasteiger partial charge in [0.15, 0.2) is 0 Å². The summed E-state index contributed by atoms with van der Waals surface area (Å²) in [5.74, 6) is 0.875. The minimum atomic E-state index is -0.0316. The number of piperazine rings is 1. The van der Waals surface area contributed by atoms with Crippen LogP contribution >= 0.6 is 0 Å². The number of allylic oxidation sites excluding steroid dienone is 1. The van der Waals surface area contributed by atoms with E-state index in [1.54, 1.807) is 13.3 Å². The third kappa shape index (κ3) is 3.90. The maximum Gasteiger partial charge on any atom is 0.321 e. The Kier molecular flexibility index (Phi) is 5.09. The van der Waals surface area contributed by atoms with Crippen LogP contribution in [0.5, 0.6) is 5.75 Å². The minimum absolute atomic E-state index is 0.0316. The number of nitrogens with one attached hydrogen (secondary N) is 1. The summed E-state index contributed by atoms with van der Waals surface area (Å²) < 4.78 is 5.40. The number of methoxy groups -OCH3 is 1. The van der Waals surface area contributed by atoms with Crippen molar-refractivity contribution >= 4 is 11.7 Å². The number of benzene rings is 1. The molecule has 5 heteroatoms. The lowest BCUT2D eigenvalue weighted by Crippen LogP contribution is -2.51. The standard InChI is InChI=1S/C16H23N3O2/c1-13(2)12-17-16(20)19-10-8-18(9-11-19)14-6-4-5-7-15(14)21-3/h4-7,12H,8-11H2,1-3H3,(H,17,20). The van der Waals surface area contributed by atoms with Crippen molar-refractivity contribution in [3.8, 4) is 5.75 Å². The Morgan fingerprint density at radius 2 is 1.86 bits per heavy atom. The van der Waals surface area contributed by atoms with Gasteiger partial charge in [-0.15, -0.1) is 0 Å². The average molecular weight is 289 g/mol. The van der Waals surface area contributed by atoms with E-state index in [-0.39, 0.29) is 6.03 Å². The predicted molar refractivity (Wildman–Crippen MR) is 84.7 cm³/mol. The van der Waals surface area contributed by atoms with E-state index < -0.39 is 0 Å². The lowest BCUT2D eigenvalue weighted by atomic mass is 10.2. The van der Waals surface area contributed by atoms with Gasteiger partial charge in [-0.05, 0) is 26.0 Å². The lowest BCUT2D eigenvalue weighted by Gasteiger charge is -2.36. The second kappa shape index (κ2) is 7.02. The largest absolute Gasteiger partial charge is 0.495 e. The van der Waals surface area contributed by atoms with Crippen LogP contribution < -0.4 is 15.0 Å². The summed E-state index contributed by atoms with van der Waals surface area (Å²) in [6.45, 7) is 6.95. The fraction of sp³-hybridized carbons (Fsp3) is 0.438. The number of ether oxygens (including phenoxy) is 1. The number of nitrogens with zero attached hydrogens (tertiary/aromatic N) is 2. The molecule has 1 fully saturated rings. The number of hydrogen-bond acceptors (Lipinski definition) is 3. The van der Waals surface area contributed by atoms with Crippen molar-refractivity contribution in [1.82, 2.24) is 10.2 Å². The molecule has 0 aromatic heterocycles. The summed E-state index contributed by atoms with van der Waals surface area (Å²) in [5, 5.41) is 2.81. The molecule has 21 heavy (non-hydrogen) atoms. The molecule has 0 saturated carbocycles. The summed E-state index contributed by atoms with van der Waals surface area (Å²) in [4.78, 5) is 16.1. The summed E-state index contributed by atoms with van der Waals surface area (Å²) in [7, 11) is 1.68. The first-order valence-electron chi connectivity index (χ1n) is 7.18. The third-order valence-electron chi connectivity index (χ3n) is 3.48. The van der Waals surface area contributed by atoms with Crippen LogP contribution in [0.2, 0.25) is 0 Å². The van der Waals surface area contributed by atoms with Crippen molar-refractivity contribution in [2.45, 2.75) is 13.8 Å². The van der Waals surface area contributed by atoms with Gasteiger partial charge in [0.1, 0.15) is 5.75 Å². The van der Waals surface area contributed by atoms with E-state index in [1.165, 1.54) is 0 Å². The number of amides is 2. The van der Waals surface area contributed by atoms with Crippen molar-refractivity contribution in [3.63, 3.8) is 0 Å². The van der Waals surface area contributed by atoms with Crippen LogP contribution in [0, 0.1) is 0 Å². The van der Waals surface area contributed by atoms with E-state index in [2.05, 4.69) is 16.3 Å². The van der Waals surface area contributed by atoms with Gasteiger partial charge in [-0.2, -0.15) is 0 Å². The summed E-state index contributed by atoms with van der Waals surface area (Å²) in [5.41, 5.74) is 2.17. The minimum Gasteiger partial charge on any atom is -0.495 e. The number of carbonyl (C=O) groups excluding carboxylic acids is 1. The van der Waals surface area contributed by atoms with Crippen LogP contribution in [0.25, 0.3) is 0 Å². The molecule has 1 heterocycles. The Hall–Kier alpha value is -2.17. The van der Waals surface area contributed by atoms with Gasteiger partial charge in [0.2, 0.25) is 0 Å². The molecule has 2 amide bonds. The molecule has 1 aromatic rings. The van der Waals surface area contributed by atoms with Crippen LogP contribution in [0.3, 0.4) is 0 Å². The van der Waals surface area contributed by atoms with Gasteiger partial charge in [-0.3, -0.25) is 0 Å². The predicted octanol–water partition coefficient (Wildman–Crippen LogP) is 2.45. The highest BCUT2D eigenvalue weighted by Gasteiger charge is 2.22. The van der Waals surface area contributed by atoms with Crippen LogP contribution in [-0.4, -0.2) is 44.2 Å². The molecule has 0 radical (unpaired) electrons. The van der Waals surface area contributed by atoms with E-state index in [4.69, 9.17) is 4.74 Å². The fourth-order valence-corrected chi connectivity index (χ4v) is 2.34. The van der Waals surface area contributed by atoms with Crippen molar-refractivity contribution in [2.24, 2.45) is 0 Å². The van der Waals surface area contributed by atoms with Gasteiger partial charge in [0, 0.05) is 32.4 Å². The van der Waals surface area contributed by atoms with Gasteiger partial charge < -0.3 is 19.9 Å². The number of anilines is 1. The third-order valence-corrected chi connectivity index (χ3v) is 3.48. The van der Waals surface area contributed by atoms with Gasteiger partial charge in [-0.1, -0.05) is 17.7 Å². The van der Waals surface area contributed by atoms with Crippen molar-refractivity contribution < 1.29 is 9.53 Å². The first-order valence-corrected chi connectivity index (χ1v) is 7.18. The van der Waals surface area contributed by atoms with Crippen molar-refractivity contribution in [3.05, 3.63) is 36.0 Å². The molecular formula is C16H23N3O2. The Bertz CT molecular complexity index is 516. The molecule has 0 spiro atoms. The van der Waals surface area contributed by atoms with Gasteiger partial charge in [0.05, 0.1) is 12.8 Å². The van der Waals surface area contributed by atoms with Crippen molar-refractivity contribution in [1.29, 1.82) is 0 Å². The zero-order valence-corrected chi connectivity index (χ0v) is 12.9. The van der Waals surface area contributed by atoms with Gasteiger partial charge >= 0.3 is 6.03 Å². The molecule has 1 aromatic carbocycles. The molecule has 1 N–H and O–H groups in total. The number of para-hydroxylation sites is 2. The topological polar surface area (TPSA) is 44.8 Å². The number of urea groups is 1. The fourth-order valence-electron chi connectivity index (χ4n) is 2.34. The molecule has 0 aliphatic carbocycles. The molecule has 2 rings (SSSR count). The van der Waals surface area contributed by atoms with E-state index >= 15 is 0 Å². The van der Waals surface area contributed by atoms with E-state index in [0.717, 1.165) is 30.1 Å². The second-order valence-electron chi connectivity index (χ2n) is 5.32. The Labute approximate surface area is 126 Å². The summed E-state index contributed by atoms with van der Waals surface area (Å²) in [6, 6.07) is 7.95. The van der Waals surface area contributed by atoms with Crippen LogP contribution in [0.15, 0.2) is 36.0 Å². The van der Waals surface area contributed by atoms with E-state index in [0.29, 0.717) is 13.1 Å². The molecule has 0 unspecified atom stereocenters. The zero-order valence-electron chi connectivity index (χ0n) is 12.9. The number of carbonyl (C=O) groups is 1. The maximum absolute atomic E-state index is 12.0. The molecule has 1 aliphatic heterocycles. The molecule has 114 valence electrons. The molecule has 5 nitrogen and oxygen atoms in total. The molecular weight excluding hydrogens is 266 g/mol. The van der Waals surface area contributed by atoms with Crippen molar-refractivity contribution in [2.75, 3.05) is 38.2 Å². The first-order chi connectivity index (χ1) is 10.1. The first kappa shape index (κ1) is 15.2. The molecule has 1 saturated heterocycles. The zero-order chi connectivity index (χ0) is 15.2. The quantitative estimate of drug-likeness (QED) is 0.929. The SMILES string of the molecule is COc1ccccc1N1CCN(C(=O)NC=C(C)C)CC1. The lowest BCUT2D eigenvalue weighted by molar-refractivity contribution is 0.198. The monoisotopic (exact) mass is 289 g/mol. The summed E-state index contributed by atoms with van der Waals surface area (Å²) >= 11 is 0. The Balaban J connectivity index is 1.94. The van der Waals surface area contributed by atoms with Gasteiger partial charge in [0.25, 0.3) is 0 Å². The maximum atomic E-state index is 12.0. The van der Waals surface area contributed by atoms with Gasteiger partial charge in [-0.25, -0.2) is 4.79 Å². The Morgan fingerprint density at radius 3 is 2.48 bits per heavy atom. The highest BCUT2D eigenvalue weighted by Crippen LogP contribution is 2.28. The molecule has 0 atom stereocenters. The van der Waals surface area contributed by atoms with Crippen LogP contribution in [0.4, 0.5) is 10.5 Å². The van der Waals surface area contributed by atoms with Crippen LogP contribution in [0.1, 0.15) is 13.8 Å². The van der Waals surface area contributed by atoms with Crippen LogP contribution in [-0.2, 0) is 0 Å². The van der Waals surface area contributed by atoms with E-state index in [1.807, 2.05) is 36.9 Å². The average Bonchev–Trinajstić information content (AvgIpc) is 2.52. The highest BCUT2D eigenvalue weighted by molar-refractivity contribution is 5.75. The smallest absolute Gasteiger partial charge is 0.321 e. The normalized spacial score (nSPS) is 14.6. The summed E-state index contributed by atoms with van der Waals surface area (Å²) in [6.07, 6.45) is 1.74. The second-order valence-corrected chi connectivity index (χ2v) is 5.32. The molecule has 0 bridgehead atoms. The number of rotatable bonds is 3. The Morgan fingerprint density at radius 1 is 1.19 bits per heavy atom. The molecule has 1 aliphatic rings. The highest BCUT2D eigenvalue weighted by atomic mass is 16.5. The number of hydrogen-bond donors (Lipinski definition) is 1.